The van der Waals surface area contributed by atoms with E-state index in [1.54, 1.807) is 12.1 Å². The maximum absolute atomic E-state index is 13.6. The molecule has 0 amide bonds. The summed E-state index contributed by atoms with van der Waals surface area (Å²) in [5.74, 6) is 0. The Morgan fingerprint density at radius 3 is 2.14 bits per heavy atom. The molecule has 0 saturated carbocycles. The third-order valence-corrected chi connectivity index (χ3v) is 6.72. The molecule has 0 heterocycles. The Morgan fingerprint density at radius 1 is 1.07 bits per heavy atom. The van der Waals surface area contributed by atoms with Gasteiger partial charge >= 0.3 is 0 Å². The second-order valence-electron chi connectivity index (χ2n) is 8.19. The summed E-state index contributed by atoms with van der Waals surface area (Å²) in [6, 6.07) is 19.2. The molecule has 0 aliphatic rings. The van der Waals surface area contributed by atoms with Crippen LogP contribution in [0.15, 0.2) is 71.6 Å². The molecule has 2 rings (SSSR count). The Morgan fingerprint density at radius 2 is 1.64 bits per heavy atom. The van der Waals surface area contributed by atoms with Crippen molar-refractivity contribution >= 4 is 18.1 Å². The third kappa shape index (κ3) is 5.85. The van der Waals surface area contributed by atoms with Crippen molar-refractivity contribution in [2.24, 2.45) is 0 Å². The lowest BCUT2D eigenvalue weighted by Gasteiger charge is -2.29. The number of benzene rings is 2. The van der Waals surface area contributed by atoms with Crippen molar-refractivity contribution in [3.05, 3.63) is 77.9 Å². The topological polar surface area (TPSA) is 37.4 Å². The SMILES string of the molecule is C=C(C)CC(c1ccccc1)N(C#C[Si](C)(C)C)S(=O)(=O)c1ccc(C)cc1. The summed E-state index contributed by atoms with van der Waals surface area (Å²) in [7, 11) is -5.58. The fraction of sp³-hybridized carbons (Fsp3) is 0.304. The molecule has 0 fully saturated rings. The second-order valence-corrected chi connectivity index (χ2v) is 14.8. The van der Waals surface area contributed by atoms with E-state index in [-0.39, 0.29) is 4.90 Å². The van der Waals surface area contributed by atoms with Gasteiger partial charge in [0.2, 0.25) is 0 Å². The van der Waals surface area contributed by atoms with E-state index in [0.717, 1.165) is 16.7 Å². The van der Waals surface area contributed by atoms with Gasteiger partial charge in [0.15, 0.2) is 0 Å². The maximum Gasteiger partial charge on any atom is 0.271 e. The highest BCUT2D eigenvalue weighted by Crippen LogP contribution is 2.32. The van der Waals surface area contributed by atoms with E-state index >= 15 is 0 Å². The van der Waals surface area contributed by atoms with Crippen molar-refractivity contribution in [2.45, 2.75) is 50.8 Å². The Hall–Kier alpha value is -2.29. The predicted octanol–water partition coefficient (Wildman–Crippen LogP) is 5.53. The van der Waals surface area contributed by atoms with Gasteiger partial charge in [-0.15, -0.1) is 12.1 Å². The standard InChI is InChI=1S/C23H29NO2SSi/c1-19(2)18-23(21-10-8-7-9-11-21)24(16-17-28(4,5)6)27(25,26)22-14-12-20(3)13-15-22/h7-15,23H,1,18H2,2-6H3. The lowest BCUT2D eigenvalue weighted by atomic mass is 10.0. The van der Waals surface area contributed by atoms with Crippen molar-refractivity contribution < 1.29 is 8.42 Å². The monoisotopic (exact) mass is 411 g/mol. The van der Waals surface area contributed by atoms with E-state index in [2.05, 4.69) is 37.8 Å². The molecule has 0 radical (unpaired) electrons. The molecule has 148 valence electrons. The quantitative estimate of drug-likeness (QED) is 0.271. The first kappa shape index (κ1) is 22.0. The van der Waals surface area contributed by atoms with Crippen LogP contribution in [-0.2, 0) is 10.0 Å². The largest absolute Gasteiger partial charge is 0.271 e. The van der Waals surface area contributed by atoms with Gasteiger partial charge in [0.25, 0.3) is 10.0 Å². The number of sulfonamides is 1. The summed E-state index contributed by atoms with van der Waals surface area (Å²) in [5, 5.41) is 0. The zero-order chi connectivity index (χ0) is 20.9. The smallest absolute Gasteiger partial charge is 0.217 e. The highest BCUT2D eigenvalue weighted by molar-refractivity contribution is 7.89. The van der Waals surface area contributed by atoms with Gasteiger partial charge in [-0.05, 0) is 38.0 Å². The summed E-state index contributed by atoms with van der Waals surface area (Å²) in [6.07, 6.45) is 0.509. The maximum atomic E-state index is 13.6. The summed E-state index contributed by atoms with van der Waals surface area (Å²) in [4.78, 5) is 0.255. The fourth-order valence-corrected chi connectivity index (χ4v) is 4.63. The van der Waals surface area contributed by atoms with Gasteiger partial charge in [-0.3, -0.25) is 0 Å². The Labute approximate surface area is 171 Å². The second kappa shape index (κ2) is 8.81. The van der Waals surface area contributed by atoms with Crippen LogP contribution in [0.2, 0.25) is 19.6 Å². The van der Waals surface area contributed by atoms with Crippen molar-refractivity contribution in [2.75, 3.05) is 0 Å². The molecular weight excluding hydrogens is 382 g/mol. The molecule has 2 aromatic carbocycles. The van der Waals surface area contributed by atoms with Crippen molar-refractivity contribution in [3.63, 3.8) is 0 Å². The number of hydrogen-bond donors (Lipinski definition) is 0. The lowest BCUT2D eigenvalue weighted by molar-refractivity contribution is 0.419. The molecular formula is C23H29NO2SSi. The third-order valence-electron chi connectivity index (χ3n) is 4.13. The van der Waals surface area contributed by atoms with Crippen LogP contribution in [-0.4, -0.2) is 20.8 Å². The number of rotatable bonds is 6. The summed E-state index contributed by atoms with van der Waals surface area (Å²) in [6.45, 7) is 14.2. The van der Waals surface area contributed by atoms with Crippen molar-refractivity contribution in [1.82, 2.24) is 4.31 Å². The minimum atomic E-state index is -3.79. The summed E-state index contributed by atoms with van der Waals surface area (Å²) >= 11 is 0. The van der Waals surface area contributed by atoms with Crippen molar-refractivity contribution in [1.29, 1.82) is 0 Å². The van der Waals surface area contributed by atoms with Gasteiger partial charge in [-0.1, -0.05) is 73.2 Å². The van der Waals surface area contributed by atoms with Crippen LogP contribution in [0.25, 0.3) is 0 Å². The van der Waals surface area contributed by atoms with E-state index in [0.29, 0.717) is 6.42 Å². The molecule has 3 nitrogen and oxygen atoms in total. The van der Waals surface area contributed by atoms with Crippen LogP contribution in [0.5, 0.6) is 0 Å². The van der Waals surface area contributed by atoms with Crippen molar-refractivity contribution in [3.8, 4) is 11.6 Å². The molecule has 5 heteroatoms. The van der Waals surface area contributed by atoms with Gasteiger partial charge in [-0.25, -0.2) is 12.7 Å². The molecule has 0 saturated heterocycles. The van der Waals surface area contributed by atoms with Crippen LogP contribution in [0.1, 0.15) is 30.5 Å². The zero-order valence-corrected chi connectivity index (χ0v) is 19.2. The van der Waals surface area contributed by atoms with Crippen LogP contribution >= 0.6 is 0 Å². The van der Waals surface area contributed by atoms with Gasteiger partial charge in [0, 0.05) is 6.04 Å². The first-order chi connectivity index (χ1) is 13.0. The summed E-state index contributed by atoms with van der Waals surface area (Å²) in [5.41, 5.74) is 6.07. The Kier molecular flexibility index (Phi) is 6.92. The molecule has 0 aliphatic carbocycles. The highest BCUT2D eigenvalue weighted by atomic mass is 32.2. The van der Waals surface area contributed by atoms with E-state index in [9.17, 15) is 8.42 Å². The number of nitrogens with zero attached hydrogens (tertiary/aromatic N) is 1. The molecule has 0 aliphatic heterocycles. The van der Waals surface area contributed by atoms with Crippen LogP contribution in [0.4, 0.5) is 0 Å². The van der Waals surface area contributed by atoms with Crippen LogP contribution in [0, 0.1) is 18.5 Å². The fourth-order valence-electron chi connectivity index (χ4n) is 2.69. The van der Waals surface area contributed by atoms with E-state index < -0.39 is 24.1 Å². The molecule has 0 spiro atoms. The van der Waals surface area contributed by atoms with Gasteiger partial charge in [0.05, 0.1) is 10.9 Å². The van der Waals surface area contributed by atoms with Crippen LogP contribution < -0.4 is 0 Å². The molecule has 28 heavy (non-hydrogen) atoms. The van der Waals surface area contributed by atoms with Gasteiger partial charge in [0.1, 0.15) is 8.07 Å². The average Bonchev–Trinajstić information content (AvgIpc) is 2.60. The Balaban J connectivity index is 2.66. The first-order valence-corrected chi connectivity index (χ1v) is 14.3. The predicted molar refractivity (Wildman–Crippen MR) is 120 cm³/mol. The van der Waals surface area contributed by atoms with Gasteiger partial charge < -0.3 is 0 Å². The van der Waals surface area contributed by atoms with Crippen LogP contribution in [0.3, 0.4) is 0 Å². The first-order valence-electron chi connectivity index (χ1n) is 9.34. The zero-order valence-electron chi connectivity index (χ0n) is 17.4. The summed E-state index contributed by atoms with van der Waals surface area (Å²) < 4.78 is 28.5. The number of aryl methyl sites for hydroxylation is 1. The molecule has 1 unspecified atom stereocenters. The minimum Gasteiger partial charge on any atom is -0.217 e. The minimum absolute atomic E-state index is 0.255. The van der Waals surface area contributed by atoms with E-state index in [4.69, 9.17) is 0 Å². The van der Waals surface area contributed by atoms with E-state index in [1.807, 2.05) is 56.3 Å². The molecule has 0 bridgehead atoms. The number of hydrogen-bond acceptors (Lipinski definition) is 2. The van der Waals surface area contributed by atoms with Gasteiger partial charge in [-0.2, -0.15) is 0 Å². The highest BCUT2D eigenvalue weighted by Gasteiger charge is 2.31. The lowest BCUT2D eigenvalue weighted by Crippen LogP contribution is -2.32. The normalized spacial score (nSPS) is 12.6. The molecule has 2 aromatic rings. The molecule has 1 atom stereocenters. The average molecular weight is 412 g/mol. The molecule has 0 aromatic heterocycles. The Bertz CT molecular complexity index is 979. The molecule has 0 N–H and O–H groups in total. The van der Waals surface area contributed by atoms with E-state index in [1.165, 1.54) is 4.31 Å².